The van der Waals surface area contributed by atoms with Crippen molar-refractivity contribution in [3.8, 4) is 28.2 Å². The fraction of sp³-hybridized carbons (Fsp3) is 0.217. The van der Waals surface area contributed by atoms with E-state index < -0.39 is 31.6 Å². The Morgan fingerprint density at radius 3 is 2.56 bits per heavy atom. The summed E-state index contributed by atoms with van der Waals surface area (Å²) in [6.45, 7) is -6.50. The summed E-state index contributed by atoms with van der Waals surface area (Å²) in [6.07, 6.45) is 5.89. The molecule has 0 N–H and O–H groups in total. The molecule has 0 saturated heterocycles. The number of nitrogens with zero attached hydrogens (tertiary/aromatic N) is 9. The van der Waals surface area contributed by atoms with E-state index in [1.54, 1.807) is 0 Å². The van der Waals surface area contributed by atoms with Crippen LogP contribution in [0.1, 0.15) is 24.7 Å². The van der Waals surface area contributed by atoms with Gasteiger partial charge in [0.05, 0.1) is 46.4 Å². The zero-order valence-corrected chi connectivity index (χ0v) is 22.7. The van der Waals surface area contributed by atoms with Gasteiger partial charge in [-0.3, -0.25) is 4.68 Å². The van der Waals surface area contributed by atoms with Gasteiger partial charge in [-0.2, -0.15) is 37.2 Å². The summed E-state index contributed by atoms with van der Waals surface area (Å²) in [4.78, 5) is 3.82. The number of hydrogen-bond donors (Lipinski definition) is 0. The van der Waals surface area contributed by atoms with Crippen molar-refractivity contribution < 1.29 is 31.4 Å². The molecular formula is C23H16BrClF5N9O2. The highest BCUT2D eigenvalue weighted by atomic mass is 79.9. The summed E-state index contributed by atoms with van der Waals surface area (Å²) >= 11 is 9.21. The zero-order valence-electron chi connectivity index (χ0n) is 20.3. The first-order valence-corrected chi connectivity index (χ1v) is 12.7. The van der Waals surface area contributed by atoms with Crippen molar-refractivity contribution in [2.24, 2.45) is 0 Å². The predicted octanol–water partition coefficient (Wildman–Crippen LogP) is 5.19. The molecule has 1 atom stereocenters. The molecule has 0 amide bonds. The van der Waals surface area contributed by atoms with Crippen molar-refractivity contribution in [2.45, 2.75) is 25.6 Å². The van der Waals surface area contributed by atoms with Gasteiger partial charge in [0.15, 0.2) is 17.8 Å². The molecule has 0 aliphatic heterocycles. The predicted molar refractivity (Wildman–Crippen MR) is 136 cm³/mol. The Hall–Kier alpha value is -3.96. The minimum Gasteiger partial charge on any atom is -0.618 e. The van der Waals surface area contributed by atoms with Crippen molar-refractivity contribution in [3.05, 3.63) is 81.7 Å². The molecule has 5 aromatic rings. The lowest BCUT2D eigenvalue weighted by atomic mass is 10.0. The van der Waals surface area contributed by atoms with Gasteiger partial charge >= 0.3 is 13.2 Å². The molecule has 0 aliphatic carbocycles. The first kappa shape index (κ1) is 28.6. The Bertz CT molecular complexity index is 1680. The summed E-state index contributed by atoms with van der Waals surface area (Å²) in [7, 11) is 0. The second kappa shape index (κ2) is 11.9. The maximum absolute atomic E-state index is 15.3. The summed E-state index contributed by atoms with van der Waals surface area (Å²) in [5.41, 5.74) is 0.473. The van der Waals surface area contributed by atoms with Gasteiger partial charge in [0.1, 0.15) is 17.0 Å². The van der Waals surface area contributed by atoms with Gasteiger partial charge < -0.3 is 9.94 Å². The van der Waals surface area contributed by atoms with Crippen LogP contribution in [-0.2, 0) is 4.74 Å². The van der Waals surface area contributed by atoms with Crippen LogP contribution in [-0.4, -0.2) is 52.8 Å². The molecule has 41 heavy (non-hydrogen) atoms. The smallest absolute Gasteiger partial charge is 0.345 e. The Kier molecular flexibility index (Phi) is 8.27. The molecule has 0 bridgehead atoms. The zero-order chi connectivity index (χ0) is 29.3. The second-order valence-corrected chi connectivity index (χ2v) is 9.58. The third-order valence-electron chi connectivity index (χ3n) is 5.93. The molecule has 0 fully saturated rings. The van der Waals surface area contributed by atoms with E-state index in [-0.39, 0.29) is 45.3 Å². The van der Waals surface area contributed by atoms with Gasteiger partial charge in [0, 0.05) is 18.7 Å². The molecule has 4 heterocycles. The quantitative estimate of drug-likeness (QED) is 0.115. The Labute approximate surface area is 240 Å². The number of ether oxygens (including phenoxy) is 1. The van der Waals surface area contributed by atoms with E-state index in [0.717, 1.165) is 12.5 Å². The standard InChI is InChI=1S/C23H16BrClF5N9O2/c24-18-10-37(35-34-18)17-4-2-14(25)20(26)19(17)12-1-3-16(38(40)9-12)15(5-6-41-23(29)30)36-8-13(7-32-36)21-31-11-33-39(21)22(27)28/h1-4,7-11,15,22-23H,5-6H2/t15-/m1/s1. The van der Waals surface area contributed by atoms with Crippen LogP contribution in [0.15, 0.2) is 60.0 Å². The van der Waals surface area contributed by atoms with Crippen LogP contribution in [0.4, 0.5) is 22.0 Å². The molecule has 1 aromatic carbocycles. The van der Waals surface area contributed by atoms with Crippen LogP contribution in [0.5, 0.6) is 0 Å². The highest BCUT2D eigenvalue weighted by molar-refractivity contribution is 9.10. The molecule has 214 valence electrons. The lowest BCUT2D eigenvalue weighted by Gasteiger charge is -2.18. The van der Waals surface area contributed by atoms with Crippen molar-refractivity contribution in [1.29, 1.82) is 0 Å². The largest absolute Gasteiger partial charge is 0.618 e. The van der Waals surface area contributed by atoms with Gasteiger partial charge in [-0.05, 0) is 34.1 Å². The van der Waals surface area contributed by atoms with Crippen LogP contribution in [0.25, 0.3) is 28.2 Å². The van der Waals surface area contributed by atoms with Crippen LogP contribution in [0.3, 0.4) is 0 Å². The van der Waals surface area contributed by atoms with E-state index in [9.17, 15) is 22.8 Å². The van der Waals surface area contributed by atoms with Crippen LogP contribution >= 0.6 is 27.5 Å². The van der Waals surface area contributed by atoms with Crippen molar-refractivity contribution in [2.75, 3.05) is 6.61 Å². The maximum Gasteiger partial charge on any atom is 0.345 e. The molecule has 0 radical (unpaired) electrons. The normalized spacial score (nSPS) is 12.5. The van der Waals surface area contributed by atoms with E-state index >= 15 is 4.39 Å². The highest BCUT2D eigenvalue weighted by Crippen LogP contribution is 2.34. The lowest BCUT2D eigenvalue weighted by molar-refractivity contribution is -0.615. The second-order valence-electron chi connectivity index (χ2n) is 8.36. The molecule has 0 spiro atoms. The fourth-order valence-electron chi connectivity index (χ4n) is 4.17. The van der Waals surface area contributed by atoms with Gasteiger partial charge in [0.25, 0.3) is 0 Å². The molecule has 0 saturated carbocycles. The molecule has 11 nitrogen and oxygen atoms in total. The summed E-state index contributed by atoms with van der Waals surface area (Å²) < 4.78 is 75.4. The van der Waals surface area contributed by atoms with Gasteiger partial charge in [-0.25, -0.2) is 14.1 Å². The van der Waals surface area contributed by atoms with Crippen LogP contribution < -0.4 is 4.73 Å². The van der Waals surface area contributed by atoms with Crippen LogP contribution in [0.2, 0.25) is 5.02 Å². The molecule has 18 heteroatoms. The molecule has 0 unspecified atom stereocenters. The van der Waals surface area contributed by atoms with E-state index in [0.29, 0.717) is 14.0 Å². The van der Waals surface area contributed by atoms with Crippen molar-refractivity contribution in [1.82, 2.24) is 39.5 Å². The molecule has 0 aliphatic rings. The number of halogens is 7. The Morgan fingerprint density at radius 1 is 1.07 bits per heavy atom. The fourth-order valence-corrected chi connectivity index (χ4v) is 4.60. The van der Waals surface area contributed by atoms with E-state index in [2.05, 4.69) is 46.2 Å². The molecule has 5 rings (SSSR count). The number of hydrogen-bond acceptors (Lipinski definition) is 7. The van der Waals surface area contributed by atoms with Gasteiger partial charge in [0.2, 0.25) is 5.69 Å². The highest BCUT2D eigenvalue weighted by Gasteiger charge is 2.27. The summed E-state index contributed by atoms with van der Waals surface area (Å²) in [6, 6.07) is 4.63. The first-order chi connectivity index (χ1) is 19.6. The summed E-state index contributed by atoms with van der Waals surface area (Å²) in [5, 5.41) is 28.5. The average Bonchev–Trinajstić information content (AvgIpc) is 3.69. The Balaban J connectivity index is 1.55. The van der Waals surface area contributed by atoms with Crippen molar-refractivity contribution in [3.63, 3.8) is 0 Å². The SMILES string of the molecule is [O-][n+]1cc(-c2c(-n3cc(Br)nn3)ccc(Cl)c2F)ccc1[C@@H](CCOC(F)F)n1cc(-c2ncnn2C(F)F)cn1. The molecular weight excluding hydrogens is 645 g/mol. The van der Waals surface area contributed by atoms with Gasteiger partial charge in [-0.1, -0.05) is 16.8 Å². The lowest BCUT2D eigenvalue weighted by Crippen LogP contribution is -2.36. The van der Waals surface area contributed by atoms with E-state index in [1.807, 2.05) is 0 Å². The topological polar surface area (TPSA) is 115 Å². The number of benzene rings is 1. The minimum atomic E-state index is -3.06. The third-order valence-corrected chi connectivity index (χ3v) is 6.59. The van der Waals surface area contributed by atoms with Crippen molar-refractivity contribution >= 4 is 27.5 Å². The minimum absolute atomic E-state index is 0.0177. The average molecular weight is 661 g/mol. The molecule has 4 aromatic heterocycles. The summed E-state index contributed by atoms with van der Waals surface area (Å²) in [5.74, 6) is -1.01. The number of rotatable bonds is 10. The van der Waals surface area contributed by atoms with Gasteiger partial charge in [-0.15, -0.1) is 5.10 Å². The van der Waals surface area contributed by atoms with Crippen LogP contribution in [0, 0.1) is 11.0 Å². The van der Waals surface area contributed by atoms with E-state index in [4.69, 9.17) is 11.6 Å². The number of pyridine rings is 1. The van der Waals surface area contributed by atoms with E-state index in [1.165, 1.54) is 52.2 Å². The Morgan fingerprint density at radius 2 is 1.88 bits per heavy atom. The number of aromatic nitrogens is 9. The maximum atomic E-state index is 15.3. The number of alkyl halides is 4. The monoisotopic (exact) mass is 659 g/mol. The first-order valence-electron chi connectivity index (χ1n) is 11.6. The third kappa shape index (κ3) is 5.91.